The van der Waals surface area contributed by atoms with Gasteiger partial charge in [-0.15, -0.1) is 0 Å². The minimum absolute atomic E-state index is 0.289. The molecule has 0 aliphatic carbocycles. The Labute approximate surface area is 80.9 Å². The molecular formula is C9H14N2OS. The van der Waals surface area contributed by atoms with Gasteiger partial charge in [-0.05, 0) is 32.9 Å². The molecule has 0 aliphatic heterocycles. The first kappa shape index (κ1) is 10.2. The maximum Gasteiger partial charge on any atom is 0.144 e. The van der Waals surface area contributed by atoms with E-state index in [1.54, 1.807) is 12.4 Å². The molecule has 1 aromatic rings. The van der Waals surface area contributed by atoms with E-state index >= 15 is 0 Å². The predicted octanol–water partition coefficient (Wildman–Crippen LogP) is 1.90. The van der Waals surface area contributed by atoms with E-state index in [1.165, 1.54) is 0 Å². The molecule has 1 rings (SSSR count). The number of H-pyrrole nitrogens is 1. The van der Waals surface area contributed by atoms with Crippen molar-refractivity contribution in [3.05, 3.63) is 24.0 Å². The van der Waals surface area contributed by atoms with Crippen molar-refractivity contribution in [1.29, 1.82) is 0 Å². The molecule has 0 bridgehead atoms. The van der Waals surface area contributed by atoms with Crippen molar-refractivity contribution < 1.29 is 4.21 Å². The summed E-state index contributed by atoms with van der Waals surface area (Å²) in [5, 5.41) is 0. The first-order chi connectivity index (χ1) is 6.00. The zero-order chi connectivity index (χ0) is 9.90. The Kier molecular flexibility index (Phi) is 3.03. The smallest absolute Gasteiger partial charge is 0.144 e. The molecule has 1 atom stereocenters. The first-order valence-corrected chi connectivity index (χ1v) is 5.20. The average molecular weight is 198 g/mol. The summed E-state index contributed by atoms with van der Waals surface area (Å²) in [6.07, 6.45) is 3.41. The Morgan fingerprint density at radius 3 is 2.69 bits per heavy atom. The highest BCUT2D eigenvalue weighted by Crippen LogP contribution is 2.11. The minimum Gasteiger partial charge on any atom is -0.360 e. The van der Waals surface area contributed by atoms with E-state index < -0.39 is 11.0 Å². The SMILES string of the molecule is CC(C)(C)S(=O)/N=C/c1ccc[nH]1. The van der Waals surface area contributed by atoms with Crippen LogP contribution in [0.3, 0.4) is 0 Å². The summed E-state index contributed by atoms with van der Waals surface area (Å²) < 4.78 is 15.1. The van der Waals surface area contributed by atoms with Crippen molar-refractivity contribution in [3.8, 4) is 0 Å². The van der Waals surface area contributed by atoms with E-state index in [2.05, 4.69) is 9.38 Å². The maximum atomic E-state index is 11.5. The molecule has 1 aromatic heterocycles. The van der Waals surface area contributed by atoms with Gasteiger partial charge in [-0.1, -0.05) is 0 Å². The lowest BCUT2D eigenvalue weighted by molar-refractivity contribution is 0.651. The van der Waals surface area contributed by atoms with E-state index in [0.717, 1.165) is 5.69 Å². The summed E-state index contributed by atoms with van der Waals surface area (Å²) in [5.41, 5.74) is 0.873. The zero-order valence-corrected chi connectivity index (χ0v) is 8.89. The molecule has 1 unspecified atom stereocenters. The summed E-state index contributed by atoms with van der Waals surface area (Å²) in [4.78, 5) is 2.96. The molecule has 0 aromatic carbocycles. The number of nitrogens with one attached hydrogen (secondary N) is 1. The normalized spacial score (nSPS) is 15.0. The molecule has 4 heteroatoms. The largest absolute Gasteiger partial charge is 0.360 e. The van der Waals surface area contributed by atoms with Gasteiger partial charge in [-0.2, -0.15) is 4.40 Å². The Morgan fingerprint density at radius 2 is 2.23 bits per heavy atom. The van der Waals surface area contributed by atoms with Crippen LogP contribution in [0.25, 0.3) is 0 Å². The van der Waals surface area contributed by atoms with E-state index in [1.807, 2.05) is 32.9 Å². The highest BCUT2D eigenvalue weighted by Gasteiger charge is 2.17. The Morgan fingerprint density at radius 1 is 1.54 bits per heavy atom. The zero-order valence-electron chi connectivity index (χ0n) is 8.07. The second kappa shape index (κ2) is 3.87. The van der Waals surface area contributed by atoms with Crippen molar-refractivity contribution >= 4 is 17.2 Å². The lowest BCUT2D eigenvalue weighted by atomic mass is 10.3. The highest BCUT2D eigenvalue weighted by molar-refractivity contribution is 7.85. The maximum absolute atomic E-state index is 11.5. The summed E-state index contributed by atoms with van der Waals surface area (Å²) in [6, 6.07) is 3.75. The molecule has 0 amide bonds. The lowest BCUT2D eigenvalue weighted by Crippen LogP contribution is -2.19. The fraction of sp³-hybridized carbons (Fsp3) is 0.444. The number of aromatic nitrogens is 1. The number of aromatic amines is 1. The Bertz CT molecular complexity index is 309. The molecule has 1 heterocycles. The topological polar surface area (TPSA) is 45.2 Å². The van der Waals surface area contributed by atoms with Crippen LogP contribution >= 0.6 is 0 Å². The van der Waals surface area contributed by atoms with Crippen molar-refractivity contribution in [2.24, 2.45) is 4.40 Å². The van der Waals surface area contributed by atoms with Gasteiger partial charge in [0.2, 0.25) is 0 Å². The van der Waals surface area contributed by atoms with E-state index in [4.69, 9.17) is 0 Å². The average Bonchev–Trinajstić information content (AvgIpc) is 2.50. The van der Waals surface area contributed by atoms with Gasteiger partial charge in [0.1, 0.15) is 11.0 Å². The summed E-state index contributed by atoms with van der Waals surface area (Å²) in [6.45, 7) is 5.69. The molecule has 0 aliphatic rings. The van der Waals surface area contributed by atoms with Crippen LogP contribution < -0.4 is 0 Å². The van der Waals surface area contributed by atoms with Gasteiger partial charge in [-0.25, -0.2) is 4.21 Å². The number of rotatable bonds is 2. The molecule has 0 fully saturated rings. The van der Waals surface area contributed by atoms with Crippen LogP contribution in [0, 0.1) is 0 Å². The molecule has 0 saturated carbocycles. The fourth-order valence-corrected chi connectivity index (χ4v) is 1.21. The van der Waals surface area contributed by atoms with Gasteiger partial charge < -0.3 is 4.98 Å². The molecule has 3 nitrogen and oxygen atoms in total. The van der Waals surface area contributed by atoms with Gasteiger partial charge in [0.15, 0.2) is 0 Å². The van der Waals surface area contributed by atoms with Crippen LogP contribution in [0.1, 0.15) is 26.5 Å². The molecular weight excluding hydrogens is 184 g/mol. The summed E-state index contributed by atoms with van der Waals surface area (Å²) >= 11 is 0. The van der Waals surface area contributed by atoms with Crippen LogP contribution in [0.2, 0.25) is 0 Å². The Balaban J connectivity index is 2.65. The third kappa shape index (κ3) is 3.14. The number of nitrogens with zero attached hydrogens (tertiary/aromatic N) is 1. The van der Waals surface area contributed by atoms with Crippen LogP contribution in [0.4, 0.5) is 0 Å². The third-order valence-electron chi connectivity index (χ3n) is 1.43. The molecule has 0 radical (unpaired) electrons. The highest BCUT2D eigenvalue weighted by atomic mass is 32.2. The Hall–Kier alpha value is -0.900. The van der Waals surface area contributed by atoms with E-state index in [0.29, 0.717) is 0 Å². The van der Waals surface area contributed by atoms with Crippen molar-refractivity contribution in [1.82, 2.24) is 4.98 Å². The van der Waals surface area contributed by atoms with Crippen molar-refractivity contribution in [3.63, 3.8) is 0 Å². The van der Waals surface area contributed by atoms with Crippen molar-refractivity contribution in [2.75, 3.05) is 0 Å². The van der Waals surface area contributed by atoms with Gasteiger partial charge in [0.05, 0.1) is 16.7 Å². The molecule has 72 valence electrons. The van der Waals surface area contributed by atoms with Gasteiger partial charge in [0, 0.05) is 6.20 Å². The third-order valence-corrected chi connectivity index (χ3v) is 2.78. The minimum atomic E-state index is -1.17. The lowest BCUT2D eigenvalue weighted by Gasteiger charge is -2.12. The van der Waals surface area contributed by atoms with E-state index in [-0.39, 0.29) is 4.75 Å². The summed E-state index contributed by atoms with van der Waals surface area (Å²) in [7, 11) is -1.17. The van der Waals surface area contributed by atoms with Gasteiger partial charge >= 0.3 is 0 Å². The first-order valence-electron chi connectivity index (χ1n) is 4.09. The number of hydrogen-bond acceptors (Lipinski definition) is 1. The molecule has 13 heavy (non-hydrogen) atoms. The fourth-order valence-electron chi connectivity index (χ4n) is 0.687. The second-order valence-electron chi connectivity index (χ2n) is 3.72. The summed E-state index contributed by atoms with van der Waals surface area (Å²) in [5.74, 6) is 0. The molecule has 1 N–H and O–H groups in total. The van der Waals surface area contributed by atoms with Crippen LogP contribution in [-0.4, -0.2) is 20.2 Å². The number of hydrogen-bond donors (Lipinski definition) is 1. The molecule has 0 saturated heterocycles. The predicted molar refractivity (Wildman–Crippen MR) is 56.3 cm³/mol. The molecule has 0 spiro atoms. The van der Waals surface area contributed by atoms with Crippen LogP contribution in [0.5, 0.6) is 0 Å². The standard InChI is InChI=1S/C9H14N2OS/c1-9(2,3)13(12)11-7-8-5-4-6-10-8/h4-7,10H,1-3H3/b11-7+. The van der Waals surface area contributed by atoms with Crippen LogP contribution in [-0.2, 0) is 11.0 Å². The van der Waals surface area contributed by atoms with Crippen LogP contribution in [0.15, 0.2) is 22.7 Å². The van der Waals surface area contributed by atoms with Gasteiger partial charge in [-0.3, -0.25) is 0 Å². The van der Waals surface area contributed by atoms with E-state index in [9.17, 15) is 4.21 Å². The van der Waals surface area contributed by atoms with Gasteiger partial charge in [0.25, 0.3) is 0 Å². The monoisotopic (exact) mass is 198 g/mol. The quantitative estimate of drug-likeness (QED) is 0.725. The van der Waals surface area contributed by atoms with Crippen molar-refractivity contribution in [2.45, 2.75) is 25.5 Å². The second-order valence-corrected chi connectivity index (χ2v) is 5.66.